The molecule has 2 heterocycles. The number of piperidine rings is 1. The van der Waals surface area contributed by atoms with Crippen LogP contribution in [0, 0.1) is 0 Å². The Morgan fingerprint density at radius 1 is 1.05 bits per heavy atom. The summed E-state index contributed by atoms with van der Waals surface area (Å²) in [5.74, 6) is -0.274. The molecule has 6 nitrogen and oxygen atoms in total. The van der Waals surface area contributed by atoms with E-state index in [2.05, 4.69) is 29.0 Å². The predicted octanol–water partition coefficient (Wildman–Crippen LogP) is 6.28. The highest BCUT2D eigenvalue weighted by atomic mass is 35.5. The van der Waals surface area contributed by atoms with E-state index in [9.17, 15) is 9.59 Å². The average Bonchev–Trinajstić information content (AvgIpc) is 3.18. The van der Waals surface area contributed by atoms with Gasteiger partial charge in [-0.1, -0.05) is 49.2 Å². The minimum Gasteiger partial charge on any atom is -0.371 e. The molecule has 1 aliphatic carbocycles. The Labute approximate surface area is 233 Å². The number of carbonyl (C=O) groups is 2. The molecule has 5 rings (SSSR count). The van der Waals surface area contributed by atoms with Crippen molar-refractivity contribution in [2.24, 2.45) is 0 Å². The van der Waals surface area contributed by atoms with Gasteiger partial charge in [-0.2, -0.15) is 0 Å². The van der Waals surface area contributed by atoms with Crippen LogP contribution < -0.4 is 10.2 Å². The van der Waals surface area contributed by atoms with Crippen LogP contribution in [0.5, 0.6) is 0 Å². The molecular weight excluding hydrogens is 519 g/mol. The standard InChI is InChI=1S/C30H32Cl2N4O2/c1-30(2)18-26(34-28(37)22-5-4-6-25(31)27(22)32)23-17-19(7-8-24(23)30)29(38)35(3)20-11-15-36(16-12-20)21-9-13-33-14-10-21/h4-10,13-14,17,20,26H,11-12,15-16,18H2,1-3H3,(H,34,37). The number of halogens is 2. The van der Waals surface area contributed by atoms with Crippen molar-refractivity contribution in [3.63, 3.8) is 0 Å². The van der Waals surface area contributed by atoms with Gasteiger partial charge < -0.3 is 15.1 Å². The molecule has 1 saturated heterocycles. The van der Waals surface area contributed by atoms with Crippen LogP contribution in [0.25, 0.3) is 0 Å². The molecule has 0 bridgehead atoms. The van der Waals surface area contributed by atoms with Gasteiger partial charge in [-0.05, 0) is 72.2 Å². The lowest BCUT2D eigenvalue weighted by Gasteiger charge is -2.38. The Morgan fingerprint density at radius 3 is 2.47 bits per heavy atom. The molecule has 0 radical (unpaired) electrons. The summed E-state index contributed by atoms with van der Waals surface area (Å²) in [5, 5.41) is 3.72. The molecule has 2 amide bonds. The first-order valence-corrected chi connectivity index (χ1v) is 13.7. The molecule has 1 atom stereocenters. The fourth-order valence-corrected chi connectivity index (χ4v) is 6.20. The van der Waals surface area contributed by atoms with Gasteiger partial charge in [0, 0.05) is 49.8 Å². The topological polar surface area (TPSA) is 65.5 Å². The molecule has 1 aromatic heterocycles. The summed E-state index contributed by atoms with van der Waals surface area (Å²) in [6.45, 7) is 6.11. The zero-order valence-electron chi connectivity index (χ0n) is 21.9. The second-order valence-electron chi connectivity index (χ2n) is 10.9. The monoisotopic (exact) mass is 550 g/mol. The van der Waals surface area contributed by atoms with E-state index in [1.54, 1.807) is 18.2 Å². The van der Waals surface area contributed by atoms with Gasteiger partial charge in [0.2, 0.25) is 0 Å². The number of pyridine rings is 1. The molecule has 0 spiro atoms. The normalized spacial score (nSPS) is 18.7. The van der Waals surface area contributed by atoms with Gasteiger partial charge in [-0.15, -0.1) is 0 Å². The van der Waals surface area contributed by atoms with Gasteiger partial charge in [-0.3, -0.25) is 14.6 Å². The van der Waals surface area contributed by atoms with E-state index in [-0.39, 0.29) is 34.3 Å². The van der Waals surface area contributed by atoms with Gasteiger partial charge in [0.25, 0.3) is 11.8 Å². The minimum atomic E-state index is -0.277. The summed E-state index contributed by atoms with van der Waals surface area (Å²) in [5.41, 5.74) is 4.13. The van der Waals surface area contributed by atoms with Crippen molar-refractivity contribution in [2.75, 3.05) is 25.0 Å². The first-order chi connectivity index (χ1) is 18.2. The summed E-state index contributed by atoms with van der Waals surface area (Å²) in [7, 11) is 1.90. The molecule has 1 fully saturated rings. The molecule has 2 aliphatic rings. The second-order valence-corrected chi connectivity index (χ2v) is 11.6. The summed E-state index contributed by atoms with van der Waals surface area (Å²) < 4.78 is 0. The van der Waals surface area contributed by atoms with Crippen LogP contribution in [0.1, 0.15) is 71.0 Å². The largest absolute Gasteiger partial charge is 0.371 e. The lowest BCUT2D eigenvalue weighted by Crippen LogP contribution is -2.45. The van der Waals surface area contributed by atoms with E-state index >= 15 is 0 Å². The van der Waals surface area contributed by atoms with Crippen molar-refractivity contribution >= 4 is 40.7 Å². The number of nitrogens with one attached hydrogen (secondary N) is 1. The van der Waals surface area contributed by atoms with Crippen LogP contribution in [0.2, 0.25) is 10.0 Å². The summed E-state index contributed by atoms with van der Waals surface area (Å²) in [6, 6.07) is 14.9. The quantitative estimate of drug-likeness (QED) is 0.405. The summed E-state index contributed by atoms with van der Waals surface area (Å²) in [4.78, 5) is 35.0. The predicted molar refractivity (Wildman–Crippen MR) is 152 cm³/mol. The Bertz CT molecular complexity index is 1350. The van der Waals surface area contributed by atoms with Crippen LogP contribution in [-0.2, 0) is 5.41 Å². The molecule has 8 heteroatoms. The van der Waals surface area contributed by atoms with Gasteiger partial charge >= 0.3 is 0 Å². The maximum Gasteiger partial charge on any atom is 0.253 e. The minimum absolute atomic E-state index is 0.00262. The summed E-state index contributed by atoms with van der Waals surface area (Å²) >= 11 is 12.4. The maximum atomic E-state index is 13.6. The lowest BCUT2D eigenvalue weighted by molar-refractivity contribution is 0.0709. The van der Waals surface area contributed by atoms with E-state index in [1.807, 2.05) is 54.7 Å². The van der Waals surface area contributed by atoms with Crippen LogP contribution in [0.15, 0.2) is 60.9 Å². The van der Waals surface area contributed by atoms with Crippen molar-refractivity contribution in [2.45, 2.75) is 50.6 Å². The van der Waals surface area contributed by atoms with E-state index in [1.165, 1.54) is 5.69 Å². The molecule has 1 N–H and O–H groups in total. The van der Waals surface area contributed by atoms with E-state index in [4.69, 9.17) is 23.2 Å². The first kappa shape index (κ1) is 26.5. The molecular formula is C30H32Cl2N4O2. The van der Waals surface area contributed by atoms with E-state index < -0.39 is 0 Å². The second kappa shape index (κ2) is 10.6. The first-order valence-electron chi connectivity index (χ1n) is 13.0. The number of fused-ring (bicyclic) bond motifs is 1. The molecule has 38 heavy (non-hydrogen) atoms. The fourth-order valence-electron chi connectivity index (χ4n) is 5.81. The number of carbonyl (C=O) groups excluding carboxylic acids is 2. The number of hydrogen-bond donors (Lipinski definition) is 1. The van der Waals surface area contributed by atoms with Crippen molar-refractivity contribution < 1.29 is 9.59 Å². The van der Waals surface area contributed by atoms with E-state index in [0.717, 1.165) is 43.5 Å². The lowest BCUT2D eigenvalue weighted by atomic mass is 9.86. The van der Waals surface area contributed by atoms with Gasteiger partial charge in [0.05, 0.1) is 21.7 Å². The third kappa shape index (κ3) is 5.12. The number of anilines is 1. The van der Waals surface area contributed by atoms with Gasteiger partial charge in [-0.25, -0.2) is 0 Å². The Morgan fingerprint density at radius 2 is 1.76 bits per heavy atom. The number of benzene rings is 2. The van der Waals surface area contributed by atoms with Gasteiger partial charge in [0.1, 0.15) is 0 Å². The number of nitrogens with zero attached hydrogens (tertiary/aromatic N) is 3. The van der Waals surface area contributed by atoms with Crippen LogP contribution in [0.4, 0.5) is 5.69 Å². The smallest absolute Gasteiger partial charge is 0.253 e. The zero-order valence-corrected chi connectivity index (χ0v) is 23.4. The van der Waals surface area contributed by atoms with Crippen LogP contribution >= 0.6 is 23.2 Å². The third-order valence-electron chi connectivity index (χ3n) is 7.98. The third-order valence-corrected chi connectivity index (χ3v) is 8.80. The van der Waals surface area contributed by atoms with E-state index in [0.29, 0.717) is 16.1 Å². The number of amides is 2. The fraction of sp³-hybridized carbons (Fsp3) is 0.367. The average molecular weight is 552 g/mol. The van der Waals surface area contributed by atoms with Crippen LogP contribution in [0.3, 0.4) is 0 Å². The van der Waals surface area contributed by atoms with Crippen molar-refractivity contribution in [3.8, 4) is 0 Å². The number of hydrogen-bond acceptors (Lipinski definition) is 4. The van der Waals surface area contributed by atoms with Crippen molar-refractivity contribution in [1.82, 2.24) is 15.2 Å². The Balaban J connectivity index is 1.31. The highest BCUT2D eigenvalue weighted by molar-refractivity contribution is 6.43. The number of aromatic nitrogens is 1. The molecule has 3 aromatic rings. The molecule has 198 valence electrons. The zero-order chi connectivity index (χ0) is 27.0. The van der Waals surface area contributed by atoms with Crippen LogP contribution in [-0.4, -0.2) is 47.9 Å². The van der Waals surface area contributed by atoms with Gasteiger partial charge in [0.15, 0.2) is 0 Å². The van der Waals surface area contributed by atoms with Crippen molar-refractivity contribution in [3.05, 3.63) is 93.2 Å². The molecule has 1 unspecified atom stereocenters. The van der Waals surface area contributed by atoms with Crippen molar-refractivity contribution in [1.29, 1.82) is 0 Å². The SMILES string of the molecule is CN(C(=O)c1ccc2c(c1)C(NC(=O)c1cccc(Cl)c1Cl)CC2(C)C)C1CCN(c2ccncc2)CC1. The molecule has 0 saturated carbocycles. The maximum absolute atomic E-state index is 13.6. The molecule has 2 aromatic carbocycles. The Hall–Kier alpha value is -3.09. The number of rotatable bonds is 5. The Kier molecular flexibility index (Phi) is 7.38. The molecule has 1 aliphatic heterocycles. The summed E-state index contributed by atoms with van der Waals surface area (Å²) in [6.07, 6.45) is 6.16. The highest BCUT2D eigenvalue weighted by Crippen LogP contribution is 2.45. The highest BCUT2D eigenvalue weighted by Gasteiger charge is 2.38.